The Labute approximate surface area is 319 Å². The van der Waals surface area contributed by atoms with Crippen LogP contribution in [0.1, 0.15) is 44.9 Å². The molecule has 2 aromatic heterocycles. The number of rotatable bonds is 19. The van der Waals surface area contributed by atoms with Crippen molar-refractivity contribution in [1.29, 1.82) is 5.26 Å². The molecular formula is C36H46F3N7O7SSi. The van der Waals surface area contributed by atoms with E-state index in [0.29, 0.717) is 24.5 Å². The number of nitriles is 1. The monoisotopic (exact) mass is 805 g/mol. The summed E-state index contributed by atoms with van der Waals surface area (Å²) in [4.78, 5) is 12.0. The quantitative estimate of drug-likeness (QED) is 0.0555. The molecular weight excluding hydrogens is 760 g/mol. The van der Waals surface area contributed by atoms with Crippen molar-refractivity contribution in [3.63, 3.8) is 0 Å². The van der Waals surface area contributed by atoms with Gasteiger partial charge in [-0.25, -0.2) is 22.3 Å². The number of nitrogens with zero attached hydrogens (tertiary/aromatic N) is 5. The second kappa shape index (κ2) is 18.2. The Morgan fingerprint density at radius 3 is 2.38 bits per heavy atom. The molecule has 4 aromatic rings. The number of hydrogen-bond acceptors (Lipinski definition) is 11. The number of alkyl halides is 2. The SMILES string of the molecule is C[C@H](Oc1cc(-c2nn(COCC[Si](C)(C)C)c(Nc3ccn(CCOCC(=O)OC(C)(C)C)n3)c2C#N)ccc1NS(=O)(=O)C(F)F)c1ccc(F)cc1. The number of esters is 1. The number of carbonyl (C=O) groups excluding carboxylic acids is 1. The van der Waals surface area contributed by atoms with Crippen molar-refractivity contribution in [2.24, 2.45) is 0 Å². The minimum atomic E-state index is -5.09. The molecule has 0 aliphatic heterocycles. The van der Waals surface area contributed by atoms with Crippen LogP contribution >= 0.6 is 0 Å². The Balaban J connectivity index is 1.66. The van der Waals surface area contributed by atoms with Gasteiger partial charge in [0.25, 0.3) is 10.0 Å². The molecule has 2 N–H and O–H groups in total. The van der Waals surface area contributed by atoms with E-state index < -0.39 is 47.3 Å². The van der Waals surface area contributed by atoms with Gasteiger partial charge in [0, 0.05) is 32.5 Å². The fourth-order valence-corrected chi connectivity index (χ4v) is 6.24. The first-order chi connectivity index (χ1) is 25.7. The van der Waals surface area contributed by atoms with Gasteiger partial charge in [-0.3, -0.25) is 9.40 Å². The maximum Gasteiger partial charge on any atom is 0.355 e. The maximum atomic E-state index is 13.6. The summed E-state index contributed by atoms with van der Waals surface area (Å²) < 4.78 is 92.4. The Morgan fingerprint density at radius 2 is 1.75 bits per heavy atom. The summed E-state index contributed by atoms with van der Waals surface area (Å²) in [6, 6.07) is 14.1. The van der Waals surface area contributed by atoms with Crippen LogP contribution in [0.3, 0.4) is 0 Å². The molecule has 55 heavy (non-hydrogen) atoms. The van der Waals surface area contributed by atoms with Crippen molar-refractivity contribution in [2.45, 2.75) is 84.1 Å². The zero-order valence-electron chi connectivity index (χ0n) is 31.7. The number of halogens is 3. The number of nitrogens with one attached hydrogen (secondary N) is 2. The number of anilines is 3. The Hall–Kier alpha value is -4.90. The zero-order valence-corrected chi connectivity index (χ0v) is 33.5. The number of hydrogen-bond donors (Lipinski definition) is 2. The number of sulfonamides is 1. The van der Waals surface area contributed by atoms with Gasteiger partial charge in [0.2, 0.25) is 0 Å². The van der Waals surface area contributed by atoms with E-state index in [-0.39, 0.29) is 54.0 Å². The number of aromatic nitrogens is 4. The van der Waals surface area contributed by atoms with Crippen molar-refractivity contribution in [1.82, 2.24) is 19.6 Å². The Bertz CT molecular complexity index is 2070. The highest BCUT2D eigenvalue weighted by Crippen LogP contribution is 2.38. The summed E-state index contributed by atoms with van der Waals surface area (Å²) in [5, 5.41) is 22.8. The largest absolute Gasteiger partial charge is 0.484 e. The van der Waals surface area contributed by atoms with Crippen LogP contribution in [0.15, 0.2) is 54.7 Å². The van der Waals surface area contributed by atoms with E-state index >= 15 is 0 Å². The summed E-state index contributed by atoms with van der Waals surface area (Å²) in [7, 11) is -6.53. The molecule has 0 bridgehead atoms. The van der Waals surface area contributed by atoms with Crippen LogP contribution in [-0.2, 0) is 42.3 Å². The molecule has 4 rings (SSSR count). The number of benzene rings is 2. The van der Waals surface area contributed by atoms with Crippen LogP contribution in [-0.4, -0.2) is 73.2 Å². The van der Waals surface area contributed by atoms with Gasteiger partial charge in [0.05, 0.1) is 18.8 Å². The van der Waals surface area contributed by atoms with E-state index in [4.69, 9.17) is 18.9 Å². The third kappa shape index (κ3) is 12.8. The minimum Gasteiger partial charge on any atom is -0.484 e. The minimum absolute atomic E-state index is 0.0437. The standard InChI is InChI=1S/C36H46F3N7O7SSi/c1-24(25-8-11-27(37)12-9-25)52-30-20-26(10-13-29(30)44-54(48,49)35(38)39)33-28(21-40)34(46(43-33)23-51-18-19-55(5,6)7)41-31-14-15-45(42-31)16-17-50-22-32(47)53-36(2,3)4/h8-15,20,24,35,44H,16-19,22-23H2,1-7H3,(H,41,42)/t24-/m0/s1. The van der Waals surface area contributed by atoms with Gasteiger partial charge >= 0.3 is 11.7 Å². The smallest absolute Gasteiger partial charge is 0.355 e. The van der Waals surface area contributed by atoms with Gasteiger partial charge in [-0.1, -0.05) is 37.8 Å². The number of carbonyl (C=O) groups is 1. The lowest BCUT2D eigenvalue weighted by atomic mass is 10.1. The van der Waals surface area contributed by atoms with E-state index in [2.05, 4.69) is 41.2 Å². The average Bonchev–Trinajstić information content (AvgIpc) is 3.68. The predicted molar refractivity (Wildman–Crippen MR) is 203 cm³/mol. The lowest BCUT2D eigenvalue weighted by Gasteiger charge is -2.19. The topological polar surface area (TPSA) is 172 Å². The third-order valence-electron chi connectivity index (χ3n) is 7.65. The molecule has 19 heteroatoms. The van der Waals surface area contributed by atoms with Crippen LogP contribution in [0.5, 0.6) is 5.75 Å². The van der Waals surface area contributed by atoms with Crippen molar-refractivity contribution < 1.29 is 45.3 Å². The molecule has 298 valence electrons. The average molecular weight is 806 g/mol. The summed E-state index contributed by atoms with van der Waals surface area (Å²) in [6.45, 7) is 14.2. The molecule has 0 radical (unpaired) electrons. The van der Waals surface area contributed by atoms with E-state index in [1.165, 1.54) is 47.1 Å². The molecule has 2 aromatic carbocycles. The van der Waals surface area contributed by atoms with Gasteiger partial charge < -0.3 is 24.3 Å². The van der Waals surface area contributed by atoms with Crippen molar-refractivity contribution in [3.05, 3.63) is 71.7 Å². The van der Waals surface area contributed by atoms with Crippen LogP contribution in [0.4, 0.5) is 30.5 Å². The normalized spacial score (nSPS) is 12.7. The summed E-state index contributed by atoms with van der Waals surface area (Å²) in [5.41, 5.74) is 0.113. The lowest BCUT2D eigenvalue weighted by Crippen LogP contribution is -2.27. The lowest BCUT2D eigenvalue weighted by molar-refractivity contribution is -0.160. The maximum absolute atomic E-state index is 13.6. The zero-order chi connectivity index (χ0) is 40.6. The molecule has 0 aliphatic carbocycles. The number of ether oxygens (including phenoxy) is 4. The van der Waals surface area contributed by atoms with Crippen molar-refractivity contribution in [3.8, 4) is 23.1 Å². The van der Waals surface area contributed by atoms with Gasteiger partial charge in [-0.15, -0.1) is 0 Å². The third-order valence-corrected chi connectivity index (χ3v) is 10.3. The molecule has 0 amide bonds. The fraction of sp³-hybridized carbons (Fsp3) is 0.444. The molecule has 0 aliphatic rings. The van der Waals surface area contributed by atoms with Crippen LogP contribution in [0.2, 0.25) is 25.7 Å². The highest BCUT2D eigenvalue weighted by atomic mass is 32.2. The molecule has 0 unspecified atom stereocenters. The first kappa shape index (κ1) is 42.8. The predicted octanol–water partition coefficient (Wildman–Crippen LogP) is 7.28. The van der Waals surface area contributed by atoms with E-state index in [9.17, 15) is 31.6 Å². The van der Waals surface area contributed by atoms with Crippen LogP contribution < -0.4 is 14.8 Å². The molecule has 0 fully saturated rings. The van der Waals surface area contributed by atoms with Gasteiger partial charge in [-0.05, 0) is 63.6 Å². The second-order valence-electron chi connectivity index (χ2n) is 14.7. The van der Waals surface area contributed by atoms with Gasteiger partial charge in [-0.2, -0.15) is 24.2 Å². The molecule has 0 spiro atoms. The molecule has 1 atom stereocenters. The highest BCUT2D eigenvalue weighted by molar-refractivity contribution is 7.93. The first-order valence-corrected chi connectivity index (χ1v) is 22.5. The van der Waals surface area contributed by atoms with Crippen molar-refractivity contribution >= 4 is 41.4 Å². The molecule has 0 saturated carbocycles. The summed E-state index contributed by atoms with van der Waals surface area (Å²) in [5.74, 6) is -4.24. The second-order valence-corrected chi connectivity index (χ2v) is 22.0. The van der Waals surface area contributed by atoms with Gasteiger partial charge in [0.15, 0.2) is 11.6 Å². The molecule has 2 heterocycles. The summed E-state index contributed by atoms with van der Waals surface area (Å²) in [6.07, 6.45) is 0.899. The van der Waals surface area contributed by atoms with E-state index in [1.54, 1.807) is 44.6 Å². The Morgan fingerprint density at radius 1 is 1.04 bits per heavy atom. The highest BCUT2D eigenvalue weighted by Gasteiger charge is 2.27. The van der Waals surface area contributed by atoms with E-state index in [1.807, 2.05) is 4.72 Å². The summed E-state index contributed by atoms with van der Waals surface area (Å²) >= 11 is 0. The van der Waals surface area contributed by atoms with Crippen LogP contribution in [0, 0.1) is 17.1 Å². The fourth-order valence-electron chi connectivity index (χ4n) is 4.92. The first-order valence-electron chi connectivity index (χ1n) is 17.3. The molecule has 14 nitrogen and oxygen atoms in total. The van der Waals surface area contributed by atoms with E-state index in [0.717, 1.165) is 6.04 Å². The molecule has 0 saturated heterocycles. The Kier molecular flexibility index (Phi) is 14.1. The van der Waals surface area contributed by atoms with Gasteiger partial charge in [0.1, 0.15) is 53.9 Å². The van der Waals surface area contributed by atoms with Crippen LogP contribution in [0.25, 0.3) is 11.3 Å². The van der Waals surface area contributed by atoms with Crippen molar-refractivity contribution in [2.75, 3.05) is 29.9 Å².